The molecule has 0 saturated carbocycles. The molecule has 7 nitrogen and oxygen atoms in total. The van der Waals surface area contributed by atoms with Gasteiger partial charge in [0.25, 0.3) is 0 Å². The Morgan fingerprint density at radius 2 is 1.79 bits per heavy atom. The molecule has 1 heterocycles. The number of nitrogens with zero attached hydrogens (tertiary/aromatic N) is 1. The van der Waals surface area contributed by atoms with Gasteiger partial charge in [0.05, 0.1) is 38.7 Å². The van der Waals surface area contributed by atoms with Crippen LogP contribution in [-0.4, -0.2) is 46.6 Å². The third kappa shape index (κ3) is 4.12. The zero-order valence-electron chi connectivity index (χ0n) is 16.3. The summed E-state index contributed by atoms with van der Waals surface area (Å²) in [4.78, 5) is 12.3. The van der Waals surface area contributed by atoms with Gasteiger partial charge in [0.1, 0.15) is 0 Å². The number of methoxy groups -OCH3 is 3. The molecule has 3 rings (SSSR count). The van der Waals surface area contributed by atoms with E-state index in [0.717, 1.165) is 5.56 Å². The summed E-state index contributed by atoms with van der Waals surface area (Å²) >= 11 is 3.32. The number of ether oxygens (including phenoxy) is 3. The van der Waals surface area contributed by atoms with Crippen molar-refractivity contribution in [1.29, 1.82) is 0 Å². The fourth-order valence-electron chi connectivity index (χ4n) is 3.53. The number of halogens is 1. The Labute approximate surface area is 178 Å². The van der Waals surface area contributed by atoms with Gasteiger partial charge in [-0.2, -0.15) is 4.31 Å². The number of carbonyl (C=O) groups is 1. The van der Waals surface area contributed by atoms with Crippen LogP contribution >= 0.6 is 15.9 Å². The molecular formula is C20H22BrNO6S. The van der Waals surface area contributed by atoms with Crippen LogP contribution in [-0.2, 0) is 26.0 Å². The summed E-state index contributed by atoms with van der Waals surface area (Å²) in [5, 5.41) is 0. The van der Waals surface area contributed by atoms with Crippen LogP contribution in [0.25, 0.3) is 0 Å². The number of carbonyl (C=O) groups excluding carboxylic acids is 1. The van der Waals surface area contributed by atoms with E-state index in [-0.39, 0.29) is 17.9 Å². The van der Waals surface area contributed by atoms with E-state index >= 15 is 0 Å². The number of rotatable bonds is 6. The van der Waals surface area contributed by atoms with Gasteiger partial charge in [-0.3, -0.25) is 4.79 Å². The lowest BCUT2D eigenvalue weighted by Crippen LogP contribution is -2.41. The molecule has 1 atom stereocenters. The second-order valence-corrected chi connectivity index (χ2v) is 9.21. The van der Waals surface area contributed by atoms with Crippen molar-refractivity contribution in [3.63, 3.8) is 0 Å². The molecule has 2 aromatic carbocycles. The quantitative estimate of drug-likeness (QED) is 0.586. The van der Waals surface area contributed by atoms with Gasteiger partial charge in [-0.25, -0.2) is 8.42 Å². The van der Waals surface area contributed by atoms with Gasteiger partial charge in [0.2, 0.25) is 10.0 Å². The Hall–Kier alpha value is -2.10. The molecule has 0 spiro atoms. The summed E-state index contributed by atoms with van der Waals surface area (Å²) in [6.07, 6.45) is 0.375. The van der Waals surface area contributed by atoms with E-state index in [1.165, 1.54) is 18.5 Å². The van der Waals surface area contributed by atoms with Gasteiger partial charge in [0, 0.05) is 11.0 Å². The minimum absolute atomic E-state index is 0.108. The van der Waals surface area contributed by atoms with Crippen LogP contribution in [0.2, 0.25) is 0 Å². The minimum Gasteiger partial charge on any atom is -0.493 e. The highest BCUT2D eigenvalue weighted by molar-refractivity contribution is 9.10. The summed E-state index contributed by atoms with van der Waals surface area (Å²) in [5.41, 5.74) is 1.62. The van der Waals surface area contributed by atoms with Crippen LogP contribution in [0.5, 0.6) is 11.5 Å². The lowest BCUT2D eigenvalue weighted by atomic mass is 9.91. The first-order valence-electron chi connectivity index (χ1n) is 8.91. The SMILES string of the molecule is COC(=O)CC1c2cc(OC)c(OC)cc2CCN1S(=O)(=O)c1ccccc1Br. The minimum atomic E-state index is -3.87. The first-order chi connectivity index (χ1) is 13.8. The highest BCUT2D eigenvalue weighted by atomic mass is 79.9. The van der Waals surface area contributed by atoms with Crippen molar-refractivity contribution >= 4 is 31.9 Å². The summed E-state index contributed by atoms with van der Waals surface area (Å²) < 4.78 is 44.3. The Kier molecular flexibility index (Phi) is 6.50. The van der Waals surface area contributed by atoms with E-state index in [1.54, 1.807) is 37.4 Å². The molecule has 1 aliphatic heterocycles. The third-order valence-electron chi connectivity index (χ3n) is 4.96. The van der Waals surface area contributed by atoms with Crippen molar-refractivity contribution in [2.75, 3.05) is 27.9 Å². The van der Waals surface area contributed by atoms with Crippen LogP contribution in [0.3, 0.4) is 0 Å². The molecule has 0 amide bonds. The fraction of sp³-hybridized carbons (Fsp3) is 0.350. The number of fused-ring (bicyclic) bond motifs is 1. The molecule has 0 saturated heterocycles. The second-order valence-electron chi connectivity index (χ2n) is 6.50. The molecule has 1 aliphatic rings. The highest BCUT2D eigenvalue weighted by Crippen LogP contribution is 2.42. The average molecular weight is 484 g/mol. The molecule has 0 aliphatic carbocycles. The van der Waals surface area contributed by atoms with E-state index in [4.69, 9.17) is 14.2 Å². The summed E-state index contributed by atoms with van der Waals surface area (Å²) in [5.74, 6) is 0.538. The van der Waals surface area contributed by atoms with Gasteiger partial charge in [-0.15, -0.1) is 0 Å². The molecule has 2 aromatic rings. The van der Waals surface area contributed by atoms with Crippen LogP contribution in [0.1, 0.15) is 23.6 Å². The predicted molar refractivity (Wildman–Crippen MR) is 111 cm³/mol. The van der Waals surface area contributed by atoms with Crippen molar-refractivity contribution in [3.8, 4) is 11.5 Å². The van der Waals surface area contributed by atoms with Crippen molar-refractivity contribution < 1.29 is 27.4 Å². The smallest absolute Gasteiger partial charge is 0.307 e. The molecule has 0 fully saturated rings. The first kappa shape index (κ1) is 21.6. The van der Waals surface area contributed by atoms with Gasteiger partial charge in [-0.1, -0.05) is 12.1 Å². The molecule has 9 heteroatoms. The van der Waals surface area contributed by atoms with Crippen LogP contribution in [0.15, 0.2) is 45.8 Å². The lowest BCUT2D eigenvalue weighted by molar-refractivity contribution is -0.141. The van der Waals surface area contributed by atoms with Crippen LogP contribution < -0.4 is 9.47 Å². The van der Waals surface area contributed by atoms with Crippen LogP contribution in [0, 0.1) is 0 Å². The summed E-state index contributed by atoms with van der Waals surface area (Å²) in [6.45, 7) is 0.230. The van der Waals surface area contributed by atoms with Crippen molar-refractivity contribution in [2.24, 2.45) is 0 Å². The standard InChI is InChI=1S/C20H22BrNO6S/c1-26-17-10-13-8-9-22(29(24,25)19-7-5-4-6-15(19)21)16(12-20(23)28-3)14(13)11-18(17)27-2/h4-7,10-11,16H,8-9,12H2,1-3H3. The van der Waals surface area contributed by atoms with E-state index in [1.807, 2.05) is 6.07 Å². The Balaban J connectivity index is 2.14. The van der Waals surface area contributed by atoms with Gasteiger partial charge < -0.3 is 14.2 Å². The zero-order chi connectivity index (χ0) is 21.2. The number of sulfonamides is 1. The van der Waals surface area contributed by atoms with E-state index in [9.17, 15) is 13.2 Å². The summed E-state index contributed by atoms with van der Waals surface area (Å²) in [7, 11) is 0.474. The Bertz CT molecular complexity index is 1020. The maximum absolute atomic E-state index is 13.5. The number of esters is 1. The lowest BCUT2D eigenvalue weighted by Gasteiger charge is -2.36. The third-order valence-corrected chi connectivity index (χ3v) is 7.88. The van der Waals surface area contributed by atoms with Gasteiger partial charge in [0.15, 0.2) is 11.5 Å². The molecule has 0 bridgehead atoms. The van der Waals surface area contributed by atoms with Crippen molar-refractivity contribution in [3.05, 3.63) is 52.0 Å². The second kappa shape index (κ2) is 8.73. The average Bonchev–Trinajstić information content (AvgIpc) is 2.72. The molecule has 156 valence electrons. The van der Waals surface area contributed by atoms with E-state index in [2.05, 4.69) is 15.9 Å². The molecule has 29 heavy (non-hydrogen) atoms. The monoisotopic (exact) mass is 483 g/mol. The van der Waals surface area contributed by atoms with Gasteiger partial charge in [-0.05, 0) is 57.7 Å². The van der Waals surface area contributed by atoms with E-state index < -0.39 is 22.0 Å². The highest BCUT2D eigenvalue weighted by Gasteiger charge is 2.39. The Morgan fingerprint density at radius 1 is 1.14 bits per heavy atom. The number of hydrogen-bond acceptors (Lipinski definition) is 6. The van der Waals surface area contributed by atoms with Crippen LogP contribution in [0.4, 0.5) is 0 Å². The van der Waals surface area contributed by atoms with Crippen molar-refractivity contribution in [1.82, 2.24) is 4.31 Å². The number of hydrogen-bond donors (Lipinski definition) is 0. The topological polar surface area (TPSA) is 82.1 Å². The fourth-order valence-corrected chi connectivity index (χ4v) is 6.10. The largest absolute Gasteiger partial charge is 0.493 e. The van der Waals surface area contributed by atoms with E-state index in [0.29, 0.717) is 28.0 Å². The summed E-state index contributed by atoms with van der Waals surface area (Å²) in [6, 6.07) is 9.48. The first-order valence-corrected chi connectivity index (χ1v) is 11.1. The predicted octanol–water partition coefficient (Wildman–Crippen LogP) is 3.32. The molecular weight excluding hydrogens is 462 g/mol. The molecule has 0 N–H and O–H groups in total. The maximum atomic E-state index is 13.5. The Morgan fingerprint density at radius 3 is 2.41 bits per heavy atom. The normalized spacial score (nSPS) is 16.8. The maximum Gasteiger partial charge on any atom is 0.307 e. The van der Waals surface area contributed by atoms with Crippen molar-refractivity contribution in [2.45, 2.75) is 23.8 Å². The molecule has 0 radical (unpaired) electrons. The zero-order valence-corrected chi connectivity index (χ0v) is 18.7. The number of benzene rings is 2. The molecule has 0 aromatic heterocycles. The molecule has 1 unspecified atom stereocenters. The van der Waals surface area contributed by atoms with Gasteiger partial charge >= 0.3 is 5.97 Å².